The van der Waals surface area contributed by atoms with Crippen LogP contribution in [0.2, 0.25) is 0 Å². The molecular formula is C25H22N4O4. The largest absolute Gasteiger partial charge is 0.423 e. The van der Waals surface area contributed by atoms with Gasteiger partial charge >= 0.3 is 11.3 Å². The molecule has 0 amide bonds. The Bertz CT molecular complexity index is 1670. The Balaban J connectivity index is 1.76. The van der Waals surface area contributed by atoms with Gasteiger partial charge in [0, 0.05) is 18.0 Å². The molecule has 3 heterocycles. The standard InChI is InChI=1S/C25H22N4O4/c1-3-27-15-26-23-22(27)24(31)29(25(32)28(23)13-17-7-5-4-6-8-17)14-18-12-21(30)33-20-11-16(2)9-10-19(18)20/h4-12,15H,3,13-14H2,1-2H3. The monoisotopic (exact) mass is 442 g/mol. The molecule has 0 radical (unpaired) electrons. The van der Waals surface area contributed by atoms with E-state index in [4.69, 9.17) is 4.42 Å². The van der Waals surface area contributed by atoms with Crippen molar-refractivity contribution in [1.29, 1.82) is 0 Å². The van der Waals surface area contributed by atoms with E-state index in [2.05, 4.69) is 4.98 Å². The highest BCUT2D eigenvalue weighted by molar-refractivity contribution is 5.80. The molecule has 0 unspecified atom stereocenters. The van der Waals surface area contributed by atoms with Gasteiger partial charge in [-0.15, -0.1) is 0 Å². The molecule has 33 heavy (non-hydrogen) atoms. The first-order chi connectivity index (χ1) is 16.0. The van der Waals surface area contributed by atoms with Crippen molar-refractivity contribution in [2.24, 2.45) is 0 Å². The number of aryl methyl sites for hydroxylation is 2. The zero-order chi connectivity index (χ0) is 23.1. The van der Waals surface area contributed by atoms with Gasteiger partial charge in [-0.3, -0.25) is 13.9 Å². The molecule has 5 aromatic rings. The fraction of sp³-hybridized carbons (Fsp3) is 0.200. The molecular weight excluding hydrogens is 420 g/mol. The van der Waals surface area contributed by atoms with Crippen LogP contribution >= 0.6 is 0 Å². The number of fused-ring (bicyclic) bond motifs is 2. The predicted molar refractivity (Wildman–Crippen MR) is 126 cm³/mol. The molecule has 166 valence electrons. The third kappa shape index (κ3) is 3.59. The lowest BCUT2D eigenvalue weighted by atomic mass is 10.1. The van der Waals surface area contributed by atoms with Crippen LogP contribution < -0.4 is 16.9 Å². The molecule has 3 aromatic heterocycles. The van der Waals surface area contributed by atoms with E-state index in [1.165, 1.54) is 15.2 Å². The number of benzene rings is 2. The lowest BCUT2D eigenvalue weighted by Crippen LogP contribution is -2.41. The Morgan fingerprint density at radius 2 is 1.73 bits per heavy atom. The van der Waals surface area contributed by atoms with Crippen LogP contribution in [0.4, 0.5) is 0 Å². The summed E-state index contributed by atoms with van der Waals surface area (Å²) in [7, 11) is 0. The minimum Gasteiger partial charge on any atom is -0.423 e. The summed E-state index contributed by atoms with van der Waals surface area (Å²) in [6, 6.07) is 16.4. The van der Waals surface area contributed by atoms with Crippen LogP contribution in [0.5, 0.6) is 0 Å². The quantitative estimate of drug-likeness (QED) is 0.390. The minimum atomic E-state index is -0.527. The second kappa shape index (κ2) is 8.05. The summed E-state index contributed by atoms with van der Waals surface area (Å²) in [5.74, 6) is 0. The summed E-state index contributed by atoms with van der Waals surface area (Å²) in [4.78, 5) is 43.6. The molecule has 8 heteroatoms. The van der Waals surface area contributed by atoms with Gasteiger partial charge in [0.25, 0.3) is 5.56 Å². The molecule has 0 aliphatic carbocycles. The zero-order valence-corrected chi connectivity index (χ0v) is 18.3. The molecule has 0 atom stereocenters. The molecule has 8 nitrogen and oxygen atoms in total. The van der Waals surface area contributed by atoms with E-state index < -0.39 is 16.9 Å². The first-order valence-electron chi connectivity index (χ1n) is 10.7. The van der Waals surface area contributed by atoms with Crippen LogP contribution in [-0.4, -0.2) is 18.7 Å². The molecule has 0 aliphatic rings. The third-order valence-electron chi connectivity index (χ3n) is 5.82. The van der Waals surface area contributed by atoms with Gasteiger partial charge in [0.2, 0.25) is 0 Å². The lowest BCUT2D eigenvalue weighted by Gasteiger charge is -2.13. The van der Waals surface area contributed by atoms with E-state index in [0.717, 1.165) is 11.1 Å². The van der Waals surface area contributed by atoms with E-state index in [1.807, 2.05) is 56.3 Å². The van der Waals surface area contributed by atoms with E-state index in [1.54, 1.807) is 17.0 Å². The van der Waals surface area contributed by atoms with Crippen LogP contribution in [-0.2, 0) is 19.6 Å². The molecule has 0 aliphatic heterocycles. The number of nitrogens with zero attached hydrogens (tertiary/aromatic N) is 4. The number of hydrogen-bond donors (Lipinski definition) is 0. The van der Waals surface area contributed by atoms with Crippen molar-refractivity contribution in [3.63, 3.8) is 0 Å². The van der Waals surface area contributed by atoms with Crippen molar-refractivity contribution in [3.8, 4) is 0 Å². The van der Waals surface area contributed by atoms with Gasteiger partial charge < -0.3 is 8.98 Å². The Morgan fingerprint density at radius 1 is 0.939 bits per heavy atom. The summed E-state index contributed by atoms with van der Waals surface area (Å²) in [6.07, 6.45) is 1.58. The molecule has 0 saturated heterocycles. The summed E-state index contributed by atoms with van der Waals surface area (Å²) in [6.45, 7) is 4.57. The van der Waals surface area contributed by atoms with Gasteiger partial charge in [0.1, 0.15) is 5.58 Å². The first kappa shape index (κ1) is 20.7. The first-order valence-corrected chi connectivity index (χ1v) is 10.7. The molecule has 0 bridgehead atoms. The summed E-state index contributed by atoms with van der Waals surface area (Å²) < 4.78 is 9.75. The zero-order valence-electron chi connectivity index (χ0n) is 18.3. The molecule has 0 fully saturated rings. The van der Waals surface area contributed by atoms with Gasteiger partial charge in [0.05, 0.1) is 19.4 Å². The summed E-state index contributed by atoms with van der Waals surface area (Å²) >= 11 is 0. The van der Waals surface area contributed by atoms with Crippen LogP contribution in [0.3, 0.4) is 0 Å². The van der Waals surface area contributed by atoms with E-state index in [9.17, 15) is 14.4 Å². The maximum Gasteiger partial charge on any atom is 0.336 e. The molecule has 0 N–H and O–H groups in total. The topological polar surface area (TPSA) is 92.0 Å². The maximum absolute atomic E-state index is 13.6. The van der Waals surface area contributed by atoms with E-state index in [0.29, 0.717) is 34.2 Å². The van der Waals surface area contributed by atoms with Crippen LogP contribution in [0.1, 0.15) is 23.6 Å². The Hall–Kier alpha value is -4.20. The van der Waals surface area contributed by atoms with Gasteiger partial charge in [0.15, 0.2) is 11.2 Å². The van der Waals surface area contributed by atoms with Crippen molar-refractivity contribution < 1.29 is 4.42 Å². The number of rotatable bonds is 5. The van der Waals surface area contributed by atoms with Crippen molar-refractivity contribution in [2.75, 3.05) is 0 Å². The highest BCUT2D eigenvalue weighted by Gasteiger charge is 2.19. The van der Waals surface area contributed by atoms with Gasteiger partial charge in [-0.2, -0.15) is 0 Å². The highest BCUT2D eigenvalue weighted by atomic mass is 16.4. The van der Waals surface area contributed by atoms with Crippen molar-refractivity contribution in [1.82, 2.24) is 18.7 Å². The number of hydrogen-bond acceptors (Lipinski definition) is 5. The smallest absolute Gasteiger partial charge is 0.336 e. The molecule has 5 rings (SSSR count). The van der Waals surface area contributed by atoms with Crippen LogP contribution in [0, 0.1) is 6.92 Å². The number of imidazole rings is 1. The van der Waals surface area contributed by atoms with Crippen LogP contribution in [0.15, 0.2) is 79.7 Å². The second-order valence-corrected chi connectivity index (χ2v) is 8.04. The summed E-state index contributed by atoms with van der Waals surface area (Å²) in [5, 5.41) is 0.685. The van der Waals surface area contributed by atoms with Crippen molar-refractivity contribution >= 4 is 22.1 Å². The minimum absolute atomic E-state index is 0.0531. The number of aromatic nitrogens is 4. The third-order valence-corrected chi connectivity index (χ3v) is 5.82. The van der Waals surface area contributed by atoms with Crippen LogP contribution in [0.25, 0.3) is 22.1 Å². The van der Waals surface area contributed by atoms with Gasteiger partial charge in [-0.1, -0.05) is 42.5 Å². The molecule has 0 spiro atoms. The average Bonchev–Trinajstić information content (AvgIpc) is 3.24. The molecule has 0 saturated carbocycles. The maximum atomic E-state index is 13.6. The summed E-state index contributed by atoms with van der Waals surface area (Å²) in [5.41, 5.74) is 2.09. The fourth-order valence-corrected chi connectivity index (χ4v) is 4.16. The Labute approximate surface area is 188 Å². The lowest BCUT2D eigenvalue weighted by molar-refractivity contribution is 0.555. The van der Waals surface area contributed by atoms with E-state index >= 15 is 0 Å². The predicted octanol–water partition coefficient (Wildman–Crippen LogP) is 2.89. The SMILES string of the molecule is CCn1cnc2c1c(=O)n(Cc1cc(=O)oc3cc(C)ccc13)c(=O)n2Cc1ccccc1. The van der Waals surface area contributed by atoms with Gasteiger partial charge in [-0.05, 0) is 36.6 Å². The van der Waals surface area contributed by atoms with Crippen molar-refractivity contribution in [3.05, 3.63) is 109 Å². The van der Waals surface area contributed by atoms with E-state index in [-0.39, 0.29) is 13.1 Å². The highest BCUT2D eigenvalue weighted by Crippen LogP contribution is 2.19. The Kier molecular flexibility index (Phi) is 5.05. The average molecular weight is 442 g/mol. The fourth-order valence-electron chi connectivity index (χ4n) is 4.16. The Morgan fingerprint density at radius 3 is 2.48 bits per heavy atom. The van der Waals surface area contributed by atoms with Gasteiger partial charge in [-0.25, -0.2) is 14.6 Å². The van der Waals surface area contributed by atoms with Crippen molar-refractivity contribution in [2.45, 2.75) is 33.5 Å². The normalized spacial score (nSPS) is 11.5. The molecule has 2 aromatic carbocycles. The second-order valence-electron chi connectivity index (χ2n) is 8.04.